The third-order valence-electron chi connectivity index (χ3n) is 18.6. The van der Waals surface area contributed by atoms with Crippen molar-refractivity contribution in [2.45, 2.75) is 146 Å². The van der Waals surface area contributed by atoms with E-state index in [0.29, 0.717) is 5.56 Å². The number of Topliss-reactive ketones (excluding diaryl/α,β-unsaturated/α-hetero) is 1. The Labute approximate surface area is 539 Å². The summed E-state index contributed by atoms with van der Waals surface area (Å²) < 4.78 is 53.3. The predicted octanol–water partition coefficient (Wildman–Crippen LogP) is 2.93. The van der Waals surface area contributed by atoms with Gasteiger partial charge in [0, 0.05) is 64.9 Å². The van der Waals surface area contributed by atoms with Crippen LogP contribution in [0.15, 0.2) is 120 Å². The summed E-state index contributed by atoms with van der Waals surface area (Å²) in [6, 6.07) is 26.0. The molecule has 0 radical (unpaired) electrons. The number of nitrogens with zero attached hydrogens (tertiary/aromatic N) is 2. The SMILES string of the molecule is CC(=O)O[C@H]1C(=O)[C@@]2(C)C(C(OC(=O)c3ccccc3)[C@]3(O)C[C@H](OC(=O)[C@H](OC(=O)N(C)CCN(C)C(=O)OCc4ccc(O[C@@H]5O[C@H](C(=O)O)[C@@H](O)[C@H](O)[C@H]5O)c(N)c4)[C@@H](NC(=O)c4ccccc4)c4ccccc4)C(C)=C1C3(C)C)[C@]1(OC(C)=O)CO[C@@H]1C[C@@H]2O. The zero-order valence-electron chi connectivity index (χ0n) is 52.6. The van der Waals surface area contributed by atoms with Gasteiger partial charge in [-0.15, -0.1) is 0 Å². The number of esters is 4. The summed E-state index contributed by atoms with van der Waals surface area (Å²) in [5.41, 5.74) is -1.75. The molecule has 94 heavy (non-hydrogen) atoms. The van der Waals surface area contributed by atoms with Gasteiger partial charge in [0.25, 0.3) is 5.91 Å². The zero-order chi connectivity index (χ0) is 68.5. The second kappa shape index (κ2) is 27.5. The minimum absolute atomic E-state index is 0.00642. The number of carbonyl (C=O) groups is 9. The number of aliphatic hydroxyl groups excluding tert-OH is 4. The van der Waals surface area contributed by atoms with E-state index in [1.54, 1.807) is 66.7 Å². The number of ketones is 1. The van der Waals surface area contributed by atoms with E-state index in [4.69, 9.17) is 48.4 Å². The molecule has 28 heteroatoms. The molecular formula is C66H76N4O24. The number of rotatable bonds is 19. The number of aliphatic hydroxyl groups is 5. The highest BCUT2D eigenvalue weighted by Crippen LogP contribution is 2.64. The van der Waals surface area contributed by atoms with Gasteiger partial charge >= 0.3 is 42.0 Å². The number of amides is 3. The number of nitrogen functional groups attached to an aromatic ring is 1. The maximum Gasteiger partial charge on any atom is 0.410 e. The Morgan fingerprint density at radius 3 is 1.95 bits per heavy atom. The number of hydrogen-bond acceptors (Lipinski definition) is 24. The first-order valence-electron chi connectivity index (χ1n) is 30.1. The van der Waals surface area contributed by atoms with Crippen LogP contribution in [-0.4, -0.2) is 206 Å². The van der Waals surface area contributed by atoms with Crippen LogP contribution < -0.4 is 15.8 Å². The molecule has 0 spiro atoms. The van der Waals surface area contributed by atoms with Crippen LogP contribution in [0, 0.1) is 16.7 Å². The summed E-state index contributed by atoms with van der Waals surface area (Å²) in [5.74, 6) is -9.27. The lowest BCUT2D eigenvalue weighted by Crippen LogP contribution is -2.82. The highest BCUT2D eigenvalue weighted by atomic mass is 16.7. The average Bonchev–Trinajstić information content (AvgIpc) is 0.670. The molecule has 4 aromatic carbocycles. The van der Waals surface area contributed by atoms with Gasteiger partial charge in [-0.05, 0) is 72.5 Å². The summed E-state index contributed by atoms with van der Waals surface area (Å²) in [7, 11) is 2.65. The molecule has 16 atom stereocenters. The molecule has 3 aliphatic carbocycles. The number of fused-ring (bicyclic) bond motifs is 5. The molecule has 3 amide bonds. The Morgan fingerprint density at radius 2 is 1.37 bits per heavy atom. The Morgan fingerprint density at radius 1 is 0.766 bits per heavy atom. The number of carboxylic acids is 1. The van der Waals surface area contributed by atoms with Crippen molar-refractivity contribution in [1.29, 1.82) is 0 Å². The summed E-state index contributed by atoms with van der Waals surface area (Å²) in [4.78, 5) is 129. The molecule has 2 unspecified atom stereocenters. The van der Waals surface area contributed by atoms with E-state index in [-0.39, 0.29) is 65.4 Å². The van der Waals surface area contributed by atoms with E-state index in [1.807, 2.05) is 0 Å². The fraction of sp³-hybridized carbons (Fsp3) is 0.470. The molecular weight excluding hydrogens is 1230 g/mol. The van der Waals surface area contributed by atoms with Crippen molar-refractivity contribution in [1.82, 2.24) is 15.1 Å². The minimum Gasteiger partial charge on any atom is -0.479 e. The average molecular weight is 1310 g/mol. The fourth-order valence-corrected chi connectivity index (χ4v) is 13.3. The third kappa shape index (κ3) is 13.3. The smallest absolute Gasteiger partial charge is 0.410 e. The number of benzene rings is 4. The summed E-state index contributed by atoms with van der Waals surface area (Å²) in [5, 5.41) is 69.3. The van der Waals surface area contributed by atoms with Crippen LogP contribution in [-0.2, 0) is 68.5 Å². The summed E-state index contributed by atoms with van der Waals surface area (Å²) in [6.45, 7) is 6.73. The molecule has 0 aromatic heterocycles. The molecule has 9 N–H and O–H groups in total. The van der Waals surface area contributed by atoms with Crippen molar-refractivity contribution in [2.24, 2.45) is 16.7 Å². The molecule has 9 rings (SSSR count). The van der Waals surface area contributed by atoms with Gasteiger partial charge in [0.2, 0.25) is 12.4 Å². The number of carbonyl (C=O) groups excluding carboxylic acids is 8. The van der Waals surface area contributed by atoms with Crippen LogP contribution in [0.2, 0.25) is 0 Å². The van der Waals surface area contributed by atoms with Crippen molar-refractivity contribution in [3.05, 3.63) is 143 Å². The molecule has 2 bridgehead atoms. The van der Waals surface area contributed by atoms with E-state index < -0.39 is 168 Å². The van der Waals surface area contributed by atoms with Gasteiger partial charge in [-0.3, -0.25) is 19.2 Å². The van der Waals surface area contributed by atoms with Gasteiger partial charge in [0.05, 0.1) is 35.3 Å². The number of anilines is 1. The van der Waals surface area contributed by atoms with Gasteiger partial charge in [0.15, 0.2) is 23.6 Å². The number of likely N-dealkylation sites (N-methyl/N-ethyl adjacent to an activating group) is 2. The molecule has 28 nitrogen and oxygen atoms in total. The Balaban J connectivity index is 1.02. The third-order valence-corrected chi connectivity index (χ3v) is 18.6. The van der Waals surface area contributed by atoms with Crippen LogP contribution in [0.3, 0.4) is 0 Å². The van der Waals surface area contributed by atoms with Gasteiger partial charge in [-0.25, -0.2) is 24.0 Å². The normalized spacial score (nSPS) is 29.7. The molecule has 4 fully saturated rings. The molecule has 4 aromatic rings. The van der Waals surface area contributed by atoms with Crippen LogP contribution in [0.1, 0.15) is 92.3 Å². The van der Waals surface area contributed by atoms with Crippen LogP contribution >= 0.6 is 0 Å². The number of nitrogens with one attached hydrogen (secondary N) is 1. The predicted molar refractivity (Wildman–Crippen MR) is 323 cm³/mol. The van der Waals surface area contributed by atoms with Crippen LogP contribution in [0.4, 0.5) is 15.3 Å². The van der Waals surface area contributed by atoms with Crippen molar-refractivity contribution in [2.75, 3.05) is 39.5 Å². The monoisotopic (exact) mass is 1310 g/mol. The lowest BCUT2D eigenvalue weighted by atomic mass is 9.44. The van der Waals surface area contributed by atoms with Gasteiger partial charge in [0.1, 0.15) is 60.6 Å². The topological polar surface area (TPSA) is 403 Å². The maximum absolute atomic E-state index is 15.9. The van der Waals surface area contributed by atoms with E-state index >= 15 is 9.59 Å². The molecule has 2 saturated heterocycles. The largest absolute Gasteiger partial charge is 0.479 e. The van der Waals surface area contributed by atoms with Gasteiger partial charge in [-0.2, -0.15) is 0 Å². The lowest BCUT2D eigenvalue weighted by Gasteiger charge is -2.67. The van der Waals surface area contributed by atoms with Gasteiger partial charge in [-0.1, -0.05) is 86.6 Å². The number of hydrogen-bond donors (Lipinski definition) is 8. The molecule has 5 aliphatic rings. The van der Waals surface area contributed by atoms with Crippen molar-refractivity contribution >= 4 is 59.4 Å². The Hall–Kier alpha value is -9.03. The molecule has 2 aliphatic heterocycles. The van der Waals surface area contributed by atoms with Crippen molar-refractivity contribution in [3.63, 3.8) is 0 Å². The van der Waals surface area contributed by atoms with Crippen LogP contribution in [0.5, 0.6) is 5.75 Å². The van der Waals surface area contributed by atoms with E-state index in [2.05, 4.69) is 5.32 Å². The molecule has 2 heterocycles. The number of nitrogens with two attached hydrogens (primary N) is 1. The van der Waals surface area contributed by atoms with Crippen LogP contribution in [0.25, 0.3) is 0 Å². The minimum atomic E-state index is -2.57. The zero-order valence-corrected chi connectivity index (χ0v) is 52.6. The summed E-state index contributed by atoms with van der Waals surface area (Å²) in [6.07, 6.45) is -23.1. The van der Waals surface area contributed by atoms with E-state index in [9.17, 15) is 64.2 Å². The maximum atomic E-state index is 15.9. The van der Waals surface area contributed by atoms with Crippen molar-refractivity contribution in [3.8, 4) is 5.75 Å². The first-order chi connectivity index (χ1) is 44.4. The molecule has 2 saturated carbocycles. The highest BCUT2D eigenvalue weighted by molar-refractivity contribution is 5.96. The lowest BCUT2D eigenvalue weighted by molar-refractivity contribution is -0.346. The number of carboxylic acid groups (broad SMARTS) is 1. The first-order valence-corrected chi connectivity index (χ1v) is 30.1. The highest BCUT2D eigenvalue weighted by Gasteiger charge is 2.78. The summed E-state index contributed by atoms with van der Waals surface area (Å²) >= 11 is 0. The standard InChI is InChI=1S/C66H76N4O24/c1-33-42(30-66(85)55(93-58(81)39-22-16-11-17-23-39)53-64(6,43(73)29-44-65(53,32-87-44)94-35(3)72)54(77)50(88-34(2)71)45(33)63(66,4)5)89-59(82)51(46(37-18-12-9-13-19-37)68-56(78)38-20-14-10-15-21-38)92-62(84)70(8)27-26-69(7)61(83)86-31-36-24-25-41(40(67)28-36)90-60-49(76)47(74)48(75)52(91-60)57(79)80/h9-25,28,42-44,46-53,55,60,73-76,85H,26-27,29-32,67H2,1-8H3,(H,68,78)(H,79,80)/t42-,43-,44+,46-,47-,48-,49+,50+,51+,52-,53?,55?,60+,64+,65-,66+/m0/s1. The molecule has 504 valence electrons. The Bertz CT molecular complexity index is 3570. The quantitative estimate of drug-likeness (QED) is 0.0289. The second-order valence-corrected chi connectivity index (χ2v) is 24.8. The second-order valence-electron chi connectivity index (χ2n) is 24.8. The Kier molecular flexibility index (Phi) is 20.3. The van der Waals surface area contributed by atoms with E-state index in [1.165, 1.54) is 84.3 Å². The van der Waals surface area contributed by atoms with Gasteiger partial charge < -0.3 is 94.1 Å². The fourth-order valence-electron chi connectivity index (χ4n) is 13.3. The number of aliphatic carboxylic acids is 1. The first kappa shape index (κ1) is 69.3. The van der Waals surface area contributed by atoms with E-state index in [0.717, 1.165) is 23.6 Å². The number of ether oxygens (including phenoxy) is 9. The van der Waals surface area contributed by atoms with Crippen molar-refractivity contribution < 1.29 is 116 Å².